The quantitative estimate of drug-likeness (QED) is 0.789. The van der Waals surface area contributed by atoms with Crippen molar-refractivity contribution in [3.8, 4) is 0 Å². The summed E-state index contributed by atoms with van der Waals surface area (Å²) in [6, 6.07) is 3.83. The summed E-state index contributed by atoms with van der Waals surface area (Å²) in [6.45, 7) is 2.78. The van der Waals surface area contributed by atoms with Crippen LogP contribution >= 0.6 is 23.2 Å². The molecule has 21 heavy (non-hydrogen) atoms. The maximum Gasteiger partial charge on any atom is 0.325 e. The van der Waals surface area contributed by atoms with Crippen molar-refractivity contribution >= 4 is 46.8 Å². The Morgan fingerprint density at radius 2 is 1.86 bits per heavy atom. The number of halogens is 2. The van der Waals surface area contributed by atoms with E-state index in [4.69, 9.17) is 28.3 Å². The fraction of sp³-hybridized carbons (Fsp3) is 0.308. The highest BCUT2D eigenvalue weighted by Crippen LogP contribution is 2.29. The van der Waals surface area contributed by atoms with Gasteiger partial charge < -0.3 is 10.4 Å². The molecule has 1 aromatic carbocycles. The summed E-state index contributed by atoms with van der Waals surface area (Å²) in [5.74, 6) is -1.84. The molecule has 8 heteroatoms. The molecule has 0 saturated heterocycles. The topological polar surface area (TPSA) is 95.5 Å². The highest BCUT2D eigenvalue weighted by Gasteiger charge is 2.30. The van der Waals surface area contributed by atoms with E-state index >= 15 is 0 Å². The van der Waals surface area contributed by atoms with Crippen LogP contribution in [-0.2, 0) is 9.59 Å². The molecule has 0 aliphatic heterocycles. The van der Waals surface area contributed by atoms with Gasteiger partial charge >= 0.3 is 12.0 Å². The lowest BCUT2D eigenvalue weighted by Crippen LogP contribution is -2.38. The molecule has 0 atom stereocenters. The number of carbonyl (C=O) groups is 3. The van der Waals surface area contributed by atoms with Crippen molar-refractivity contribution in [3.63, 3.8) is 0 Å². The summed E-state index contributed by atoms with van der Waals surface area (Å²) in [4.78, 5) is 34.2. The zero-order valence-electron chi connectivity index (χ0n) is 11.4. The minimum atomic E-state index is -1.27. The first-order valence-electron chi connectivity index (χ1n) is 5.92. The van der Waals surface area contributed by atoms with Crippen molar-refractivity contribution in [1.29, 1.82) is 0 Å². The van der Waals surface area contributed by atoms with Crippen molar-refractivity contribution in [2.24, 2.45) is 5.41 Å². The molecule has 0 fully saturated rings. The summed E-state index contributed by atoms with van der Waals surface area (Å²) in [5, 5.41) is 13.7. The Balaban J connectivity index is 2.64. The van der Waals surface area contributed by atoms with Gasteiger partial charge in [-0.25, -0.2) is 4.79 Å². The van der Waals surface area contributed by atoms with Crippen LogP contribution in [0.5, 0.6) is 0 Å². The van der Waals surface area contributed by atoms with E-state index in [0.29, 0.717) is 0 Å². The number of imide groups is 1. The van der Waals surface area contributed by atoms with Crippen LogP contribution in [0.3, 0.4) is 0 Å². The summed E-state index contributed by atoms with van der Waals surface area (Å²) < 4.78 is 0. The Morgan fingerprint density at radius 3 is 2.43 bits per heavy atom. The number of rotatable bonds is 4. The molecule has 3 N–H and O–H groups in total. The number of urea groups is 1. The van der Waals surface area contributed by atoms with Crippen LogP contribution in [0.2, 0.25) is 10.0 Å². The summed E-state index contributed by atoms with van der Waals surface area (Å²) in [6.07, 6.45) is -0.334. The predicted molar refractivity (Wildman–Crippen MR) is 79.7 cm³/mol. The molecule has 0 bridgehead atoms. The van der Waals surface area contributed by atoms with Crippen LogP contribution in [0, 0.1) is 5.41 Å². The van der Waals surface area contributed by atoms with Crippen molar-refractivity contribution in [2.45, 2.75) is 20.3 Å². The minimum absolute atomic E-state index is 0.146. The molecule has 0 spiro atoms. The Bertz CT molecular complexity index is 588. The molecular weight excluding hydrogens is 319 g/mol. The zero-order chi connectivity index (χ0) is 16.2. The molecule has 0 unspecified atom stereocenters. The lowest BCUT2D eigenvalue weighted by molar-refractivity contribution is -0.149. The first-order chi connectivity index (χ1) is 9.63. The number of carboxylic acid groups (broad SMARTS) is 1. The molecule has 1 aromatic rings. The Labute approximate surface area is 131 Å². The normalized spacial score (nSPS) is 10.9. The standard InChI is InChI=1S/C13H14Cl2N2O4/c1-13(2,11(19)20)6-9(18)17-12(21)16-8-5-3-4-7(14)10(8)15/h3-5H,6H2,1-2H3,(H,19,20)(H2,16,17,18,21). The molecule has 1 rings (SSSR count). The largest absolute Gasteiger partial charge is 0.481 e. The van der Waals surface area contributed by atoms with Crippen molar-refractivity contribution in [2.75, 3.05) is 5.32 Å². The average Bonchev–Trinajstić information content (AvgIpc) is 2.33. The van der Waals surface area contributed by atoms with Gasteiger partial charge in [0.15, 0.2) is 0 Å². The van der Waals surface area contributed by atoms with Crippen LogP contribution in [0.1, 0.15) is 20.3 Å². The lowest BCUT2D eigenvalue weighted by Gasteiger charge is -2.18. The average molecular weight is 333 g/mol. The fourth-order valence-corrected chi connectivity index (χ4v) is 1.75. The van der Waals surface area contributed by atoms with Gasteiger partial charge in [-0.15, -0.1) is 0 Å². The number of anilines is 1. The van der Waals surface area contributed by atoms with Crippen LogP contribution < -0.4 is 10.6 Å². The molecule has 0 aromatic heterocycles. The molecule has 0 radical (unpaired) electrons. The van der Waals surface area contributed by atoms with Gasteiger partial charge in [0.2, 0.25) is 5.91 Å². The third-order valence-corrected chi connectivity index (χ3v) is 3.45. The first-order valence-corrected chi connectivity index (χ1v) is 6.67. The Kier molecular flexibility index (Phi) is 5.57. The number of carboxylic acids is 1. The van der Waals surface area contributed by atoms with Gasteiger partial charge in [0, 0.05) is 6.42 Å². The van der Waals surface area contributed by atoms with Crippen LogP contribution in [0.15, 0.2) is 18.2 Å². The van der Waals surface area contributed by atoms with E-state index in [1.54, 1.807) is 12.1 Å². The highest BCUT2D eigenvalue weighted by molar-refractivity contribution is 6.44. The molecular formula is C13H14Cl2N2O4. The smallest absolute Gasteiger partial charge is 0.325 e. The van der Waals surface area contributed by atoms with Gasteiger partial charge in [0.1, 0.15) is 0 Å². The number of hydrogen-bond donors (Lipinski definition) is 3. The number of carbonyl (C=O) groups excluding carboxylic acids is 2. The van der Waals surface area contributed by atoms with Gasteiger partial charge in [-0.05, 0) is 26.0 Å². The SMILES string of the molecule is CC(C)(CC(=O)NC(=O)Nc1cccc(Cl)c1Cl)C(=O)O. The molecule has 0 aliphatic carbocycles. The molecule has 114 valence electrons. The second-order valence-corrected chi connectivity index (χ2v) is 5.75. The van der Waals surface area contributed by atoms with Gasteiger partial charge in [0.05, 0.1) is 21.1 Å². The fourth-order valence-electron chi connectivity index (χ4n) is 1.40. The van der Waals surface area contributed by atoms with E-state index in [2.05, 4.69) is 5.32 Å². The van der Waals surface area contributed by atoms with Gasteiger partial charge in [-0.2, -0.15) is 0 Å². The maximum atomic E-state index is 11.6. The molecule has 6 nitrogen and oxygen atoms in total. The van der Waals surface area contributed by atoms with E-state index in [-0.39, 0.29) is 22.2 Å². The van der Waals surface area contributed by atoms with Crippen LogP contribution in [-0.4, -0.2) is 23.0 Å². The number of amides is 3. The Hall–Kier alpha value is -1.79. The Morgan fingerprint density at radius 1 is 1.24 bits per heavy atom. The number of hydrogen-bond acceptors (Lipinski definition) is 3. The van der Waals surface area contributed by atoms with Gasteiger partial charge in [0.25, 0.3) is 0 Å². The maximum absolute atomic E-state index is 11.6. The summed E-state index contributed by atoms with van der Waals surface area (Å²) in [5.41, 5.74) is -1.02. The third-order valence-electron chi connectivity index (χ3n) is 2.63. The number of nitrogens with one attached hydrogen (secondary N) is 2. The third kappa shape index (κ3) is 4.91. The highest BCUT2D eigenvalue weighted by atomic mass is 35.5. The first kappa shape index (κ1) is 17.3. The van der Waals surface area contributed by atoms with E-state index in [1.165, 1.54) is 19.9 Å². The van der Waals surface area contributed by atoms with E-state index in [1.807, 2.05) is 5.32 Å². The molecule has 0 aliphatic rings. The van der Waals surface area contributed by atoms with Crippen molar-refractivity contribution in [3.05, 3.63) is 28.2 Å². The predicted octanol–water partition coefficient (Wildman–Crippen LogP) is 3.14. The van der Waals surface area contributed by atoms with Crippen molar-refractivity contribution < 1.29 is 19.5 Å². The number of aliphatic carboxylic acids is 1. The second kappa shape index (κ2) is 6.78. The van der Waals surface area contributed by atoms with E-state index < -0.39 is 23.3 Å². The zero-order valence-corrected chi connectivity index (χ0v) is 12.9. The molecule has 0 heterocycles. The molecule has 0 saturated carbocycles. The minimum Gasteiger partial charge on any atom is -0.481 e. The lowest BCUT2D eigenvalue weighted by atomic mass is 9.89. The van der Waals surface area contributed by atoms with E-state index in [9.17, 15) is 14.4 Å². The van der Waals surface area contributed by atoms with Gasteiger partial charge in [-0.3, -0.25) is 14.9 Å². The summed E-state index contributed by atoms with van der Waals surface area (Å²) in [7, 11) is 0. The van der Waals surface area contributed by atoms with Gasteiger partial charge in [-0.1, -0.05) is 29.3 Å². The number of benzene rings is 1. The second-order valence-electron chi connectivity index (χ2n) is 4.97. The molecule has 3 amide bonds. The van der Waals surface area contributed by atoms with Crippen LogP contribution in [0.25, 0.3) is 0 Å². The van der Waals surface area contributed by atoms with Crippen molar-refractivity contribution in [1.82, 2.24) is 5.32 Å². The van der Waals surface area contributed by atoms with Crippen LogP contribution in [0.4, 0.5) is 10.5 Å². The summed E-state index contributed by atoms with van der Waals surface area (Å²) >= 11 is 11.7. The van der Waals surface area contributed by atoms with E-state index in [0.717, 1.165) is 0 Å². The monoisotopic (exact) mass is 332 g/mol.